The van der Waals surface area contributed by atoms with E-state index in [0.717, 1.165) is 28.6 Å². The van der Waals surface area contributed by atoms with E-state index < -0.39 is 5.97 Å². The standard InChI is InChI=1S/C15H16N2O2/c16-11-5-6-14-12(7-11)13(8-17-14)9-1-3-10(4-2-9)15(18)19/h1,5-8,10,17H,2-4,16H2,(H,18,19). The first-order valence-electron chi connectivity index (χ1n) is 6.44. The first-order valence-corrected chi connectivity index (χ1v) is 6.44. The number of H-pyrrole nitrogens is 1. The Kier molecular flexibility index (Phi) is 2.78. The average molecular weight is 256 g/mol. The number of aromatic nitrogens is 1. The Morgan fingerprint density at radius 1 is 1.42 bits per heavy atom. The summed E-state index contributed by atoms with van der Waals surface area (Å²) in [6.07, 6.45) is 6.15. The predicted molar refractivity (Wildman–Crippen MR) is 75.7 cm³/mol. The number of anilines is 1. The van der Waals surface area contributed by atoms with Crippen LogP contribution < -0.4 is 5.73 Å². The van der Waals surface area contributed by atoms with E-state index >= 15 is 0 Å². The van der Waals surface area contributed by atoms with Gasteiger partial charge in [0.05, 0.1) is 5.92 Å². The van der Waals surface area contributed by atoms with Gasteiger partial charge < -0.3 is 15.8 Å². The van der Waals surface area contributed by atoms with E-state index in [1.807, 2.05) is 30.5 Å². The third-order valence-electron chi connectivity index (χ3n) is 3.81. The van der Waals surface area contributed by atoms with Crippen LogP contribution in [-0.2, 0) is 4.79 Å². The molecule has 0 amide bonds. The van der Waals surface area contributed by atoms with E-state index in [2.05, 4.69) is 4.98 Å². The van der Waals surface area contributed by atoms with Crippen molar-refractivity contribution in [2.24, 2.45) is 5.92 Å². The van der Waals surface area contributed by atoms with E-state index in [1.165, 1.54) is 5.57 Å². The summed E-state index contributed by atoms with van der Waals surface area (Å²) < 4.78 is 0. The minimum atomic E-state index is -0.696. The molecule has 0 saturated carbocycles. The second-order valence-corrected chi connectivity index (χ2v) is 5.05. The van der Waals surface area contributed by atoms with E-state index in [1.54, 1.807) is 0 Å². The van der Waals surface area contributed by atoms with E-state index in [0.29, 0.717) is 12.8 Å². The van der Waals surface area contributed by atoms with Gasteiger partial charge in [0.15, 0.2) is 0 Å². The van der Waals surface area contributed by atoms with Crippen LogP contribution in [0, 0.1) is 5.92 Å². The molecule has 1 aromatic carbocycles. The van der Waals surface area contributed by atoms with Crippen molar-refractivity contribution in [2.45, 2.75) is 19.3 Å². The molecule has 4 N–H and O–H groups in total. The molecule has 1 atom stereocenters. The minimum absolute atomic E-state index is 0.237. The molecule has 0 saturated heterocycles. The summed E-state index contributed by atoms with van der Waals surface area (Å²) in [4.78, 5) is 14.2. The quantitative estimate of drug-likeness (QED) is 0.722. The summed E-state index contributed by atoms with van der Waals surface area (Å²) in [5, 5.41) is 10.1. The van der Waals surface area contributed by atoms with Crippen LogP contribution in [0.15, 0.2) is 30.5 Å². The van der Waals surface area contributed by atoms with Gasteiger partial charge >= 0.3 is 5.97 Å². The third-order valence-corrected chi connectivity index (χ3v) is 3.81. The zero-order valence-corrected chi connectivity index (χ0v) is 10.5. The second-order valence-electron chi connectivity index (χ2n) is 5.05. The fraction of sp³-hybridized carbons (Fsp3) is 0.267. The Bertz CT molecular complexity index is 670. The molecule has 4 heteroatoms. The van der Waals surface area contributed by atoms with Gasteiger partial charge in [-0.1, -0.05) is 6.08 Å². The number of nitrogens with one attached hydrogen (secondary N) is 1. The highest BCUT2D eigenvalue weighted by atomic mass is 16.4. The number of aromatic amines is 1. The van der Waals surface area contributed by atoms with Crippen LogP contribution in [0.5, 0.6) is 0 Å². The van der Waals surface area contributed by atoms with Crippen molar-refractivity contribution in [1.82, 2.24) is 4.98 Å². The number of nitrogens with two attached hydrogens (primary N) is 1. The van der Waals surface area contributed by atoms with Crippen molar-refractivity contribution >= 4 is 28.1 Å². The minimum Gasteiger partial charge on any atom is -0.481 e. The van der Waals surface area contributed by atoms with Gasteiger partial charge in [0, 0.05) is 28.4 Å². The van der Waals surface area contributed by atoms with Crippen LogP contribution in [0.2, 0.25) is 0 Å². The highest BCUT2D eigenvalue weighted by Gasteiger charge is 2.22. The van der Waals surface area contributed by atoms with Crippen molar-refractivity contribution in [2.75, 3.05) is 5.73 Å². The number of aliphatic carboxylic acids is 1. The van der Waals surface area contributed by atoms with Crippen molar-refractivity contribution in [3.05, 3.63) is 36.0 Å². The van der Waals surface area contributed by atoms with E-state index in [9.17, 15) is 4.79 Å². The molecule has 98 valence electrons. The molecular formula is C15H16N2O2. The van der Waals surface area contributed by atoms with E-state index in [4.69, 9.17) is 10.8 Å². The van der Waals surface area contributed by atoms with Crippen LogP contribution in [0.4, 0.5) is 5.69 Å². The SMILES string of the molecule is Nc1ccc2[nH]cc(C3=CCC(C(=O)O)CC3)c2c1. The molecular weight excluding hydrogens is 240 g/mol. The van der Waals surface area contributed by atoms with Crippen molar-refractivity contribution in [3.8, 4) is 0 Å². The molecule has 1 aromatic heterocycles. The number of hydrogen-bond donors (Lipinski definition) is 3. The highest BCUT2D eigenvalue weighted by molar-refractivity contribution is 5.94. The molecule has 0 bridgehead atoms. The van der Waals surface area contributed by atoms with Gasteiger partial charge in [0.1, 0.15) is 0 Å². The summed E-state index contributed by atoms with van der Waals surface area (Å²) in [6, 6.07) is 5.81. The first-order chi connectivity index (χ1) is 9.15. The van der Waals surface area contributed by atoms with Gasteiger partial charge in [-0.15, -0.1) is 0 Å². The van der Waals surface area contributed by atoms with Crippen LogP contribution >= 0.6 is 0 Å². The van der Waals surface area contributed by atoms with Gasteiger partial charge in [0.25, 0.3) is 0 Å². The Balaban J connectivity index is 1.97. The molecule has 4 nitrogen and oxygen atoms in total. The molecule has 1 aliphatic carbocycles. The molecule has 1 heterocycles. The van der Waals surface area contributed by atoms with Crippen molar-refractivity contribution in [3.63, 3.8) is 0 Å². The second kappa shape index (κ2) is 4.46. The summed E-state index contributed by atoms with van der Waals surface area (Å²) >= 11 is 0. The molecule has 0 spiro atoms. The fourth-order valence-corrected chi connectivity index (χ4v) is 2.71. The van der Waals surface area contributed by atoms with Crippen LogP contribution in [-0.4, -0.2) is 16.1 Å². The topological polar surface area (TPSA) is 79.1 Å². The molecule has 2 aromatic rings. The molecule has 0 aliphatic heterocycles. The average Bonchev–Trinajstić information content (AvgIpc) is 2.81. The highest BCUT2D eigenvalue weighted by Crippen LogP contribution is 2.34. The number of carboxylic acids is 1. The van der Waals surface area contributed by atoms with Crippen LogP contribution in [0.25, 0.3) is 16.5 Å². The maximum atomic E-state index is 11.0. The zero-order chi connectivity index (χ0) is 13.4. The number of carbonyl (C=O) groups is 1. The molecule has 3 rings (SSSR count). The maximum Gasteiger partial charge on any atom is 0.306 e. The maximum absolute atomic E-state index is 11.0. The zero-order valence-electron chi connectivity index (χ0n) is 10.5. The lowest BCUT2D eigenvalue weighted by molar-refractivity contribution is -0.141. The number of benzene rings is 1. The number of nitrogen functional groups attached to an aromatic ring is 1. The molecule has 1 unspecified atom stereocenters. The Morgan fingerprint density at radius 3 is 2.95 bits per heavy atom. The van der Waals surface area contributed by atoms with Crippen LogP contribution in [0.3, 0.4) is 0 Å². The Labute approximate surface area is 110 Å². The van der Waals surface area contributed by atoms with Gasteiger partial charge in [-0.05, 0) is 43.0 Å². The van der Waals surface area contributed by atoms with Gasteiger partial charge in [-0.3, -0.25) is 4.79 Å². The normalized spacial score (nSPS) is 19.4. The first kappa shape index (κ1) is 11.8. The smallest absolute Gasteiger partial charge is 0.306 e. The molecule has 1 aliphatic rings. The largest absolute Gasteiger partial charge is 0.481 e. The molecule has 0 fully saturated rings. The summed E-state index contributed by atoms with van der Waals surface area (Å²) in [7, 11) is 0. The van der Waals surface area contributed by atoms with Crippen molar-refractivity contribution < 1.29 is 9.90 Å². The van der Waals surface area contributed by atoms with Gasteiger partial charge in [-0.25, -0.2) is 0 Å². The van der Waals surface area contributed by atoms with Crippen LogP contribution in [0.1, 0.15) is 24.8 Å². The number of hydrogen-bond acceptors (Lipinski definition) is 2. The third kappa shape index (κ3) is 2.10. The monoisotopic (exact) mass is 256 g/mol. The Hall–Kier alpha value is -2.23. The number of rotatable bonds is 2. The van der Waals surface area contributed by atoms with Crippen molar-refractivity contribution in [1.29, 1.82) is 0 Å². The fourth-order valence-electron chi connectivity index (χ4n) is 2.71. The van der Waals surface area contributed by atoms with Gasteiger partial charge in [-0.2, -0.15) is 0 Å². The number of fused-ring (bicyclic) bond motifs is 1. The van der Waals surface area contributed by atoms with Gasteiger partial charge in [0.2, 0.25) is 0 Å². The van der Waals surface area contributed by atoms with E-state index in [-0.39, 0.29) is 5.92 Å². The predicted octanol–water partition coefficient (Wildman–Crippen LogP) is 3.02. The molecule has 19 heavy (non-hydrogen) atoms. The lowest BCUT2D eigenvalue weighted by Gasteiger charge is -2.18. The summed E-state index contributed by atoms with van der Waals surface area (Å²) in [6.45, 7) is 0. The lowest BCUT2D eigenvalue weighted by atomic mass is 9.86. The molecule has 0 radical (unpaired) electrons. The lowest BCUT2D eigenvalue weighted by Crippen LogP contribution is -2.15. The Morgan fingerprint density at radius 2 is 2.26 bits per heavy atom. The number of carboxylic acid groups (broad SMARTS) is 1. The number of allylic oxidation sites excluding steroid dienone is 2. The summed E-state index contributed by atoms with van der Waals surface area (Å²) in [5.74, 6) is -0.933. The summed E-state index contributed by atoms with van der Waals surface area (Å²) in [5.41, 5.74) is 10.00.